The number of benzene rings is 2. The number of hydrogen-bond acceptors (Lipinski definition) is 3. The Bertz CT molecular complexity index is 715. The van der Waals surface area contributed by atoms with E-state index in [0.717, 1.165) is 16.8 Å². The van der Waals surface area contributed by atoms with Gasteiger partial charge < -0.3 is 10.6 Å². The average Bonchev–Trinajstić information content (AvgIpc) is 2.54. The van der Waals surface area contributed by atoms with E-state index in [4.69, 9.17) is 22.2 Å². The number of halogens is 1. The molecule has 4 heteroatoms. The Balaban J connectivity index is 2.07. The van der Waals surface area contributed by atoms with Gasteiger partial charge in [0.2, 0.25) is 0 Å². The van der Waals surface area contributed by atoms with Gasteiger partial charge in [0.25, 0.3) is 0 Å². The van der Waals surface area contributed by atoms with Gasteiger partial charge in [0, 0.05) is 16.3 Å². The zero-order valence-electron chi connectivity index (χ0n) is 14.8. The van der Waals surface area contributed by atoms with Crippen LogP contribution >= 0.6 is 11.6 Å². The van der Waals surface area contributed by atoms with Crippen LogP contribution in [0.4, 0.5) is 5.69 Å². The number of nitrogen functional groups attached to an aromatic ring is 1. The van der Waals surface area contributed by atoms with Gasteiger partial charge in [-0.3, -0.25) is 0 Å². The predicted octanol–water partition coefficient (Wildman–Crippen LogP) is 5.55. The first-order valence-electron chi connectivity index (χ1n) is 8.15. The first-order valence-corrected chi connectivity index (χ1v) is 8.52. The van der Waals surface area contributed by atoms with E-state index >= 15 is 0 Å². The van der Waals surface area contributed by atoms with E-state index < -0.39 is 0 Å². The summed E-state index contributed by atoms with van der Waals surface area (Å²) in [5, 5.41) is 4.90. The summed E-state index contributed by atoms with van der Waals surface area (Å²) in [6.07, 6.45) is 0.716. The van der Waals surface area contributed by atoms with Crippen LogP contribution in [0.3, 0.4) is 0 Å². The smallest absolute Gasteiger partial charge is 0.142 e. The summed E-state index contributed by atoms with van der Waals surface area (Å²) in [7, 11) is 0. The van der Waals surface area contributed by atoms with E-state index in [-0.39, 0.29) is 5.41 Å². The predicted molar refractivity (Wildman–Crippen MR) is 103 cm³/mol. The molecule has 0 unspecified atom stereocenters. The van der Waals surface area contributed by atoms with Crippen molar-refractivity contribution < 1.29 is 4.84 Å². The van der Waals surface area contributed by atoms with E-state index in [2.05, 4.69) is 50.2 Å². The maximum Gasteiger partial charge on any atom is 0.142 e. The molecule has 0 heterocycles. The van der Waals surface area contributed by atoms with Gasteiger partial charge in [-0.15, -0.1) is 0 Å². The molecule has 2 aromatic rings. The van der Waals surface area contributed by atoms with Gasteiger partial charge in [0.05, 0.1) is 5.71 Å². The van der Waals surface area contributed by atoms with E-state index in [1.54, 1.807) is 12.1 Å². The van der Waals surface area contributed by atoms with Crippen LogP contribution in [0.5, 0.6) is 0 Å². The Morgan fingerprint density at radius 2 is 1.79 bits per heavy atom. The molecular weight excluding hydrogens is 320 g/mol. The van der Waals surface area contributed by atoms with Crippen molar-refractivity contribution in [2.24, 2.45) is 5.16 Å². The fourth-order valence-corrected chi connectivity index (χ4v) is 2.54. The maximum absolute atomic E-state index is 6.05. The minimum absolute atomic E-state index is 0.150. The molecule has 0 aliphatic heterocycles. The van der Waals surface area contributed by atoms with Crippen LogP contribution in [0.1, 0.15) is 50.8 Å². The topological polar surface area (TPSA) is 47.6 Å². The minimum atomic E-state index is 0.150. The third kappa shape index (κ3) is 4.75. The lowest BCUT2D eigenvalue weighted by atomic mass is 9.87. The van der Waals surface area contributed by atoms with Crippen molar-refractivity contribution in [1.29, 1.82) is 0 Å². The summed E-state index contributed by atoms with van der Waals surface area (Å²) >= 11 is 6.05. The highest BCUT2D eigenvalue weighted by molar-refractivity contribution is 6.31. The number of oxime groups is 1. The van der Waals surface area contributed by atoms with Crippen LogP contribution in [-0.2, 0) is 16.9 Å². The monoisotopic (exact) mass is 344 g/mol. The zero-order valence-corrected chi connectivity index (χ0v) is 15.5. The molecule has 0 spiro atoms. The molecule has 0 aliphatic rings. The first kappa shape index (κ1) is 18.3. The SMILES string of the molecule is CC/C(=N\OCc1ccc(C(C)(C)C)cc1)c1cc(Cl)ccc1N. The molecule has 0 saturated heterocycles. The van der Waals surface area contributed by atoms with Crippen LogP contribution in [0, 0.1) is 0 Å². The molecule has 128 valence electrons. The van der Waals surface area contributed by atoms with Crippen LogP contribution in [0.2, 0.25) is 5.02 Å². The highest BCUT2D eigenvalue weighted by atomic mass is 35.5. The first-order chi connectivity index (χ1) is 11.3. The van der Waals surface area contributed by atoms with Crippen LogP contribution < -0.4 is 5.73 Å². The Hall–Kier alpha value is -2.00. The second-order valence-electron chi connectivity index (χ2n) is 6.84. The molecule has 2 N–H and O–H groups in total. The van der Waals surface area contributed by atoms with E-state index in [0.29, 0.717) is 23.7 Å². The molecule has 0 fully saturated rings. The molecule has 0 aromatic heterocycles. The minimum Gasteiger partial charge on any atom is -0.398 e. The molecule has 0 saturated carbocycles. The number of nitrogens with zero attached hydrogens (tertiary/aromatic N) is 1. The van der Waals surface area contributed by atoms with Gasteiger partial charge >= 0.3 is 0 Å². The van der Waals surface area contributed by atoms with Crippen LogP contribution in [0.25, 0.3) is 0 Å². The summed E-state index contributed by atoms with van der Waals surface area (Å²) in [6.45, 7) is 9.04. The largest absolute Gasteiger partial charge is 0.398 e. The highest BCUT2D eigenvalue weighted by Crippen LogP contribution is 2.23. The molecule has 2 rings (SSSR count). The Morgan fingerprint density at radius 1 is 1.12 bits per heavy atom. The van der Waals surface area contributed by atoms with Crippen molar-refractivity contribution in [2.75, 3.05) is 5.73 Å². The Morgan fingerprint density at radius 3 is 2.38 bits per heavy atom. The molecule has 0 aliphatic carbocycles. The highest BCUT2D eigenvalue weighted by Gasteiger charge is 2.13. The van der Waals surface area contributed by atoms with Crippen LogP contribution in [-0.4, -0.2) is 5.71 Å². The van der Waals surface area contributed by atoms with Crippen LogP contribution in [0.15, 0.2) is 47.6 Å². The third-order valence-electron chi connectivity index (χ3n) is 3.89. The van der Waals surface area contributed by atoms with E-state index in [1.807, 2.05) is 13.0 Å². The maximum atomic E-state index is 6.05. The lowest BCUT2D eigenvalue weighted by Crippen LogP contribution is -2.10. The lowest BCUT2D eigenvalue weighted by Gasteiger charge is -2.19. The number of nitrogens with two attached hydrogens (primary N) is 1. The van der Waals surface area contributed by atoms with Gasteiger partial charge in [0.1, 0.15) is 6.61 Å². The lowest BCUT2D eigenvalue weighted by molar-refractivity contribution is 0.130. The molecule has 24 heavy (non-hydrogen) atoms. The molecule has 0 atom stereocenters. The van der Waals surface area contributed by atoms with Crippen molar-refractivity contribution in [2.45, 2.75) is 46.1 Å². The molecular formula is C20H25ClN2O. The number of hydrogen-bond donors (Lipinski definition) is 1. The molecule has 2 aromatic carbocycles. The fourth-order valence-electron chi connectivity index (χ4n) is 2.37. The standard InChI is InChI=1S/C20H25ClN2O/c1-5-19(17-12-16(21)10-11-18(17)22)23-24-13-14-6-8-15(9-7-14)20(2,3)4/h6-12H,5,13,22H2,1-4H3/b23-19+. The van der Waals surface area contributed by atoms with Crippen molar-refractivity contribution in [3.63, 3.8) is 0 Å². The summed E-state index contributed by atoms with van der Waals surface area (Å²) in [6, 6.07) is 13.8. The van der Waals surface area contributed by atoms with Gasteiger partial charge in [-0.2, -0.15) is 0 Å². The normalized spacial score (nSPS) is 12.3. The third-order valence-corrected chi connectivity index (χ3v) is 4.12. The van der Waals surface area contributed by atoms with Gasteiger partial charge in [-0.05, 0) is 41.2 Å². The second kappa shape index (κ2) is 7.71. The molecule has 3 nitrogen and oxygen atoms in total. The second-order valence-corrected chi connectivity index (χ2v) is 7.28. The summed E-state index contributed by atoms with van der Waals surface area (Å²) in [5.41, 5.74) is 10.8. The number of rotatable bonds is 5. The van der Waals surface area contributed by atoms with Crippen molar-refractivity contribution in [3.05, 3.63) is 64.2 Å². The van der Waals surface area contributed by atoms with Gasteiger partial charge in [-0.1, -0.05) is 68.7 Å². The van der Waals surface area contributed by atoms with Crippen molar-refractivity contribution >= 4 is 23.0 Å². The number of anilines is 1. The quantitative estimate of drug-likeness (QED) is 0.439. The molecule has 0 bridgehead atoms. The summed E-state index contributed by atoms with van der Waals surface area (Å²) in [4.78, 5) is 5.54. The molecule has 0 radical (unpaired) electrons. The van der Waals surface area contributed by atoms with Gasteiger partial charge in [0.15, 0.2) is 0 Å². The van der Waals surface area contributed by atoms with E-state index in [1.165, 1.54) is 5.56 Å². The average molecular weight is 345 g/mol. The van der Waals surface area contributed by atoms with Gasteiger partial charge in [-0.25, -0.2) is 0 Å². The van der Waals surface area contributed by atoms with Crippen molar-refractivity contribution in [3.8, 4) is 0 Å². The Labute approximate surface area is 149 Å². The molecule has 0 amide bonds. The van der Waals surface area contributed by atoms with Crippen molar-refractivity contribution in [1.82, 2.24) is 0 Å². The van der Waals surface area contributed by atoms with E-state index in [9.17, 15) is 0 Å². The summed E-state index contributed by atoms with van der Waals surface area (Å²) < 4.78 is 0. The Kier molecular flexibility index (Phi) is 5.89. The summed E-state index contributed by atoms with van der Waals surface area (Å²) in [5.74, 6) is 0. The fraction of sp³-hybridized carbons (Fsp3) is 0.350. The zero-order chi connectivity index (χ0) is 17.7.